The van der Waals surface area contributed by atoms with Gasteiger partial charge in [0.15, 0.2) is 0 Å². The van der Waals surface area contributed by atoms with Crippen molar-refractivity contribution in [2.75, 3.05) is 0 Å². The van der Waals surface area contributed by atoms with E-state index in [1.807, 2.05) is 0 Å². The molecule has 0 bridgehead atoms. The van der Waals surface area contributed by atoms with Crippen molar-refractivity contribution in [3.8, 4) is 0 Å². The fourth-order valence-electron chi connectivity index (χ4n) is 14.1. The Kier molecular flexibility index (Phi) is 11.2. The van der Waals surface area contributed by atoms with Gasteiger partial charge >= 0.3 is 0 Å². The second kappa shape index (κ2) is 14.7. The molecule has 0 nitrogen and oxygen atoms in total. The van der Waals surface area contributed by atoms with Crippen LogP contribution in [0.5, 0.6) is 0 Å². The van der Waals surface area contributed by atoms with Crippen LogP contribution in [-0.2, 0) is 0 Å². The van der Waals surface area contributed by atoms with E-state index in [1.165, 1.54) is 44.8 Å². The molecule has 6 fully saturated rings. The van der Waals surface area contributed by atoms with Gasteiger partial charge in [0.1, 0.15) is 15.7 Å². The van der Waals surface area contributed by atoms with Gasteiger partial charge in [0.2, 0.25) is 0 Å². The number of hydrogen-bond acceptors (Lipinski definition) is 0. The van der Waals surface area contributed by atoms with Crippen LogP contribution in [-0.4, -0.2) is 15.7 Å². The summed E-state index contributed by atoms with van der Waals surface area (Å²) in [5.74, 6) is 15.9. The first kappa shape index (κ1) is 32.1. The molecule has 42 heavy (non-hydrogen) atoms. The van der Waals surface area contributed by atoms with Gasteiger partial charge in [0.05, 0.1) is 0 Å². The molecule has 238 valence electrons. The van der Waals surface area contributed by atoms with Gasteiger partial charge in [0, 0.05) is 0 Å². The van der Waals surface area contributed by atoms with Crippen molar-refractivity contribution < 1.29 is 0 Å². The Morgan fingerprint density at radius 3 is 1.90 bits per heavy atom. The van der Waals surface area contributed by atoms with Crippen LogP contribution in [0.25, 0.3) is 0 Å². The second-order valence-electron chi connectivity index (χ2n) is 18.0. The minimum Gasteiger partial charge on any atom is -0.0783 e. The van der Waals surface area contributed by atoms with Crippen LogP contribution in [0.3, 0.4) is 0 Å². The molecular formula is C40H72B2. The summed E-state index contributed by atoms with van der Waals surface area (Å²) in [6.45, 7) is 7.64. The summed E-state index contributed by atoms with van der Waals surface area (Å²) in [6.07, 6.45) is 34.2. The molecule has 0 aromatic rings. The second-order valence-corrected chi connectivity index (χ2v) is 18.0. The molecular weight excluding hydrogens is 502 g/mol. The van der Waals surface area contributed by atoms with Crippen LogP contribution in [0.4, 0.5) is 0 Å². The van der Waals surface area contributed by atoms with Crippen LogP contribution in [0.15, 0.2) is 0 Å². The Morgan fingerprint density at radius 1 is 0.571 bits per heavy atom. The predicted molar refractivity (Wildman–Crippen MR) is 188 cm³/mol. The lowest BCUT2D eigenvalue weighted by Gasteiger charge is -2.60. The van der Waals surface area contributed by atoms with E-state index in [1.54, 1.807) is 96.3 Å². The Labute approximate surface area is 265 Å². The zero-order valence-corrected chi connectivity index (χ0v) is 29.2. The third-order valence-corrected chi connectivity index (χ3v) is 16.4. The van der Waals surface area contributed by atoms with E-state index in [2.05, 4.69) is 36.5 Å². The molecule has 11 unspecified atom stereocenters. The van der Waals surface area contributed by atoms with E-state index in [9.17, 15) is 0 Å². The monoisotopic (exact) mass is 575 g/mol. The summed E-state index contributed by atoms with van der Waals surface area (Å²) in [6, 6.07) is 0. The molecule has 6 aliphatic rings. The standard InChI is InChI=1S/C40H72B2/c1-4-8-28(9-5-2)30-13-16-31(17-14-30)39-36-20-12-27(25-41)22-37(36)26(3)35-21-19-34(24-38(35)39)40(42)33-18-15-29-10-6-7-11-32(29)23-33/h26-40H,4-25,41-42H2,1-3H3/t26?,27-,29?,30?,31?,32?,33?,34?,35?,36?,37?,38?,39?,40?/m0/s1. The van der Waals surface area contributed by atoms with Crippen molar-refractivity contribution in [2.24, 2.45) is 82.9 Å². The molecule has 0 N–H and O–H groups in total. The summed E-state index contributed by atoms with van der Waals surface area (Å²) in [4.78, 5) is 0. The SMILES string of the molecule is BC[C@H]1CCC2C(C1)C(C)C1CCC(C(B)C3CCC4CCCCC4C3)CC1C2C1CCC(C(CCC)CCC)CC1. The predicted octanol–water partition coefficient (Wildman–Crippen LogP) is 10.4. The Balaban J connectivity index is 1.17. The summed E-state index contributed by atoms with van der Waals surface area (Å²) >= 11 is 0. The average molecular weight is 575 g/mol. The molecule has 0 heterocycles. The van der Waals surface area contributed by atoms with Crippen LogP contribution < -0.4 is 0 Å². The van der Waals surface area contributed by atoms with Crippen LogP contribution in [0.2, 0.25) is 12.1 Å². The topological polar surface area (TPSA) is 0 Å². The average Bonchev–Trinajstić information content (AvgIpc) is 3.04. The molecule has 0 radical (unpaired) electrons. The number of hydrogen-bond donors (Lipinski definition) is 0. The highest BCUT2D eigenvalue weighted by molar-refractivity contribution is 6.12. The van der Waals surface area contributed by atoms with Crippen LogP contribution in [0.1, 0.15) is 156 Å². The lowest BCUT2D eigenvalue weighted by molar-refractivity contribution is -0.103. The molecule has 6 aliphatic carbocycles. The lowest BCUT2D eigenvalue weighted by atomic mass is 9.44. The minimum absolute atomic E-state index is 0.998. The normalized spacial score (nSPS) is 46.8. The smallest absolute Gasteiger partial charge is 0.0783 e. The Hall–Kier alpha value is 0.130. The van der Waals surface area contributed by atoms with E-state index in [4.69, 9.17) is 0 Å². The summed E-state index contributed by atoms with van der Waals surface area (Å²) in [5.41, 5.74) is 0. The molecule has 0 aliphatic heterocycles. The maximum absolute atomic E-state index is 2.77. The fraction of sp³-hybridized carbons (Fsp3) is 1.00. The molecule has 0 spiro atoms. The van der Waals surface area contributed by atoms with Crippen molar-refractivity contribution in [2.45, 2.75) is 168 Å². The number of rotatable bonds is 9. The first-order valence-corrected chi connectivity index (χ1v) is 20.5. The summed E-state index contributed by atoms with van der Waals surface area (Å²) in [7, 11) is 5.26. The summed E-state index contributed by atoms with van der Waals surface area (Å²) < 4.78 is 0. The van der Waals surface area contributed by atoms with E-state index in [0.29, 0.717) is 0 Å². The van der Waals surface area contributed by atoms with Gasteiger partial charge in [-0.05, 0) is 147 Å². The van der Waals surface area contributed by atoms with Crippen LogP contribution >= 0.6 is 0 Å². The van der Waals surface area contributed by atoms with Gasteiger partial charge in [-0.1, -0.05) is 104 Å². The van der Waals surface area contributed by atoms with Gasteiger partial charge in [-0.15, -0.1) is 0 Å². The molecule has 0 aromatic heterocycles. The third-order valence-electron chi connectivity index (χ3n) is 16.4. The van der Waals surface area contributed by atoms with Crippen molar-refractivity contribution in [3.05, 3.63) is 0 Å². The van der Waals surface area contributed by atoms with Crippen molar-refractivity contribution in [3.63, 3.8) is 0 Å². The molecule has 2 heteroatoms. The lowest BCUT2D eigenvalue weighted by Crippen LogP contribution is -2.52. The van der Waals surface area contributed by atoms with Gasteiger partial charge < -0.3 is 0 Å². The van der Waals surface area contributed by atoms with Crippen molar-refractivity contribution in [1.82, 2.24) is 0 Å². The molecule has 6 rings (SSSR count). The highest BCUT2D eigenvalue weighted by Crippen LogP contribution is 2.62. The quantitative estimate of drug-likeness (QED) is 0.240. The fourth-order valence-corrected chi connectivity index (χ4v) is 14.1. The zero-order valence-electron chi connectivity index (χ0n) is 29.2. The number of fused-ring (bicyclic) bond motifs is 3. The largest absolute Gasteiger partial charge is 0.106 e. The van der Waals surface area contributed by atoms with E-state index >= 15 is 0 Å². The van der Waals surface area contributed by atoms with Crippen molar-refractivity contribution >= 4 is 15.7 Å². The molecule has 6 saturated carbocycles. The maximum atomic E-state index is 2.77. The first-order valence-electron chi connectivity index (χ1n) is 20.5. The van der Waals surface area contributed by atoms with Gasteiger partial charge in [-0.3, -0.25) is 0 Å². The Morgan fingerprint density at radius 2 is 1.19 bits per heavy atom. The van der Waals surface area contributed by atoms with E-state index < -0.39 is 0 Å². The highest BCUT2D eigenvalue weighted by atomic mass is 14.6. The molecule has 12 atom stereocenters. The molecule has 0 saturated heterocycles. The highest BCUT2D eigenvalue weighted by Gasteiger charge is 2.54. The summed E-state index contributed by atoms with van der Waals surface area (Å²) in [5, 5.41) is 0. The molecule has 0 amide bonds. The maximum Gasteiger partial charge on any atom is 0.106 e. The van der Waals surface area contributed by atoms with Gasteiger partial charge in [-0.25, -0.2) is 0 Å². The third kappa shape index (κ3) is 6.65. The molecule has 0 aromatic carbocycles. The zero-order chi connectivity index (χ0) is 29.2. The Bertz CT molecular complexity index is 810. The van der Waals surface area contributed by atoms with Crippen molar-refractivity contribution in [1.29, 1.82) is 0 Å². The minimum atomic E-state index is 0.998. The van der Waals surface area contributed by atoms with E-state index in [0.717, 1.165) is 88.7 Å². The first-order chi connectivity index (χ1) is 20.5. The van der Waals surface area contributed by atoms with Gasteiger partial charge in [0.25, 0.3) is 0 Å². The van der Waals surface area contributed by atoms with E-state index in [-0.39, 0.29) is 0 Å². The van der Waals surface area contributed by atoms with Crippen LogP contribution in [0, 0.1) is 82.9 Å². The van der Waals surface area contributed by atoms with Gasteiger partial charge in [-0.2, -0.15) is 0 Å².